The number of benzene rings is 1. The summed E-state index contributed by atoms with van der Waals surface area (Å²) < 4.78 is 15.7. The van der Waals surface area contributed by atoms with Crippen molar-refractivity contribution in [1.82, 2.24) is 14.8 Å². The van der Waals surface area contributed by atoms with E-state index in [1.165, 1.54) is 12.1 Å². The van der Waals surface area contributed by atoms with Gasteiger partial charge >= 0.3 is 29.6 Å². The molecule has 2 N–H and O–H groups in total. The number of carboxylic acid groups (broad SMARTS) is 1. The maximum atomic E-state index is 13.8. The maximum absolute atomic E-state index is 13.8. The Hall–Kier alpha value is -2.10. The number of aliphatic hydroxyl groups excluding tert-OH is 2. The second-order valence-electron chi connectivity index (χ2n) is 10.3. The van der Waals surface area contributed by atoms with Crippen molar-refractivity contribution in [3.8, 4) is 11.1 Å². The number of nitrogens with zero attached hydrogens (tertiary/aromatic N) is 3. The van der Waals surface area contributed by atoms with Crippen LogP contribution in [0.25, 0.3) is 28.2 Å². The molecule has 186 valence electrons. The first kappa shape index (κ1) is 28.5. The normalized spacial score (nSPS) is 15.8. The van der Waals surface area contributed by atoms with Crippen molar-refractivity contribution in [1.29, 1.82) is 0 Å². The van der Waals surface area contributed by atoms with E-state index in [-0.39, 0.29) is 53.3 Å². The van der Waals surface area contributed by atoms with Gasteiger partial charge in [0.1, 0.15) is 5.82 Å². The fraction of sp³-hybridized carbons (Fsp3) is 0.444. The molecule has 1 fully saturated rings. The predicted octanol–water partition coefficient (Wildman–Crippen LogP) is 0.447. The zero-order valence-corrected chi connectivity index (χ0v) is 23.5. The van der Waals surface area contributed by atoms with Crippen molar-refractivity contribution < 1.29 is 54.1 Å². The molecule has 7 nitrogen and oxygen atoms in total. The van der Waals surface area contributed by atoms with Gasteiger partial charge in [0.05, 0.1) is 34.5 Å². The van der Waals surface area contributed by atoms with Crippen LogP contribution in [0.2, 0.25) is 0 Å². The van der Waals surface area contributed by atoms with Gasteiger partial charge in [-0.25, -0.2) is 14.1 Å². The third-order valence-corrected chi connectivity index (χ3v) is 6.19. The number of rotatable bonds is 8. The predicted molar refractivity (Wildman–Crippen MR) is 130 cm³/mol. The third kappa shape index (κ3) is 6.23. The summed E-state index contributed by atoms with van der Waals surface area (Å²) in [5.74, 6) is -1.44. The molecule has 1 aliphatic rings. The Balaban J connectivity index is 0.00000361. The molecule has 9 heteroatoms. The van der Waals surface area contributed by atoms with Crippen LogP contribution in [0, 0.1) is 12.7 Å². The Bertz CT molecular complexity index is 1280. The van der Waals surface area contributed by atoms with Crippen LogP contribution in [0.1, 0.15) is 69.3 Å². The van der Waals surface area contributed by atoms with Crippen LogP contribution in [0.5, 0.6) is 0 Å². The van der Waals surface area contributed by atoms with Gasteiger partial charge in [0.2, 0.25) is 0 Å². The molecule has 2 unspecified atom stereocenters. The van der Waals surface area contributed by atoms with Crippen LogP contribution in [0.15, 0.2) is 30.3 Å². The van der Waals surface area contributed by atoms with Crippen LogP contribution in [0.4, 0.5) is 4.39 Å². The van der Waals surface area contributed by atoms with Gasteiger partial charge in [0.25, 0.3) is 0 Å². The standard InChI is InChI=1S/C27H32FN3O4.Na/c1-15-23-24(16-7-9-18(28)10-8-16)21(12-11-19(32)13-20(33)14-22(34)35)25(17-5-6-17)29-26(23)31(30-15)27(2,3)4;/h7-12,17,19-20,32-33H,5-6,13-14H2,1-4H3,(H,34,35);/q;+1/p-1/b12-11+;. The summed E-state index contributed by atoms with van der Waals surface area (Å²) in [5.41, 5.74) is 4.63. The van der Waals surface area contributed by atoms with Gasteiger partial charge in [-0.15, -0.1) is 0 Å². The smallest absolute Gasteiger partial charge is 0.550 e. The minimum atomic E-state index is -1.37. The van der Waals surface area contributed by atoms with E-state index >= 15 is 0 Å². The van der Waals surface area contributed by atoms with Gasteiger partial charge in [-0.05, 0) is 58.2 Å². The van der Waals surface area contributed by atoms with E-state index in [2.05, 4.69) is 20.8 Å². The van der Waals surface area contributed by atoms with Crippen molar-refractivity contribution in [3.05, 3.63) is 53.1 Å². The van der Waals surface area contributed by atoms with Gasteiger partial charge in [-0.3, -0.25) is 0 Å². The maximum Gasteiger partial charge on any atom is 1.00 e. The van der Waals surface area contributed by atoms with Crippen LogP contribution >= 0.6 is 0 Å². The topological polar surface area (TPSA) is 111 Å². The number of hydrogen-bond donors (Lipinski definition) is 2. The van der Waals surface area contributed by atoms with Crippen LogP contribution in [0.3, 0.4) is 0 Å². The van der Waals surface area contributed by atoms with Crippen molar-refractivity contribution in [2.75, 3.05) is 0 Å². The molecule has 0 amide bonds. The molecule has 3 aromatic rings. The number of hydrogen-bond acceptors (Lipinski definition) is 6. The molecule has 2 aromatic heterocycles. The summed E-state index contributed by atoms with van der Waals surface area (Å²) in [5, 5.41) is 36.8. The van der Waals surface area contributed by atoms with Crippen LogP contribution < -0.4 is 34.7 Å². The first-order valence-electron chi connectivity index (χ1n) is 11.9. The molecule has 2 heterocycles. The zero-order chi connectivity index (χ0) is 25.5. The van der Waals surface area contributed by atoms with Crippen LogP contribution in [-0.2, 0) is 10.3 Å². The van der Waals surface area contributed by atoms with E-state index in [9.17, 15) is 24.5 Å². The van der Waals surface area contributed by atoms with Gasteiger partial charge in [-0.2, -0.15) is 5.10 Å². The second kappa shape index (κ2) is 11.1. The quantitative estimate of drug-likeness (QED) is 0.432. The average Bonchev–Trinajstić information content (AvgIpc) is 3.54. The SMILES string of the molecule is Cc1nn(C(C)(C)C)c2nc(C3CC3)c(/C=C/C(O)CC(O)CC(=O)[O-])c(-c3ccc(F)cc3)c12.[Na+]. The van der Waals surface area contributed by atoms with E-state index < -0.39 is 24.6 Å². The van der Waals surface area contributed by atoms with Crippen LogP contribution in [-0.4, -0.2) is 43.2 Å². The fourth-order valence-corrected chi connectivity index (χ4v) is 4.41. The minimum Gasteiger partial charge on any atom is -0.550 e. The molecule has 0 radical (unpaired) electrons. The Kier molecular flexibility index (Phi) is 8.78. The molecule has 36 heavy (non-hydrogen) atoms. The molecule has 2 atom stereocenters. The van der Waals surface area contributed by atoms with E-state index in [0.717, 1.165) is 52.0 Å². The molecule has 0 saturated heterocycles. The number of aliphatic carboxylic acids is 1. The van der Waals surface area contributed by atoms with E-state index in [1.807, 2.05) is 11.6 Å². The molecule has 0 bridgehead atoms. The molecule has 0 spiro atoms. The Morgan fingerprint density at radius 1 is 1.25 bits per heavy atom. The molecule has 4 rings (SSSR count). The van der Waals surface area contributed by atoms with E-state index in [0.29, 0.717) is 0 Å². The summed E-state index contributed by atoms with van der Waals surface area (Å²) in [6.07, 6.45) is 2.37. The Morgan fingerprint density at radius 2 is 1.89 bits per heavy atom. The van der Waals surface area contributed by atoms with E-state index in [1.54, 1.807) is 24.3 Å². The Labute approximate surface area is 232 Å². The summed E-state index contributed by atoms with van der Waals surface area (Å²) in [4.78, 5) is 15.8. The third-order valence-electron chi connectivity index (χ3n) is 6.19. The first-order valence-corrected chi connectivity index (χ1v) is 11.9. The second-order valence-corrected chi connectivity index (χ2v) is 10.3. The summed E-state index contributed by atoms with van der Waals surface area (Å²) in [7, 11) is 0. The number of carboxylic acids is 1. The monoisotopic (exact) mass is 503 g/mol. The van der Waals surface area contributed by atoms with Crippen molar-refractivity contribution >= 4 is 23.1 Å². The summed E-state index contributed by atoms with van der Waals surface area (Å²) in [6.45, 7) is 8.12. The van der Waals surface area contributed by atoms with E-state index in [4.69, 9.17) is 10.1 Å². The molecule has 1 saturated carbocycles. The zero-order valence-electron chi connectivity index (χ0n) is 21.5. The summed E-state index contributed by atoms with van der Waals surface area (Å²) in [6, 6.07) is 6.29. The van der Waals surface area contributed by atoms with Gasteiger partial charge < -0.3 is 20.1 Å². The molecule has 0 aliphatic heterocycles. The van der Waals surface area contributed by atoms with Gasteiger partial charge in [0, 0.05) is 35.9 Å². The first-order chi connectivity index (χ1) is 16.5. The number of carbonyl (C=O) groups excluding carboxylic acids is 1. The minimum absolute atomic E-state index is 0. The largest absolute Gasteiger partial charge is 1.00 e. The van der Waals surface area contributed by atoms with Crippen molar-refractivity contribution in [2.24, 2.45) is 0 Å². The van der Waals surface area contributed by atoms with Crippen molar-refractivity contribution in [2.45, 2.75) is 77.0 Å². The van der Waals surface area contributed by atoms with Crippen molar-refractivity contribution in [3.63, 3.8) is 0 Å². The molecular formula is C27H31FN3NaO4. The molecular weight excluding hydrogens is 472 g/mol. The molecule has 1 aromatic carbocycles. The number of pyridine rings is 1. The average molecular weight is 504 g/mol. The number of carbonyl (C=O) groups is 1. The van der Waals surface area contributed by atoms with Gasteiger partial charge in [-0.1, -0.05) is 24.3 Å². The summed E-state index contributed by atoms with van der Waals surface area (Å²) >= 11 is 0. The number of aryl methyl sites for hydroxylation is 1. The Morgan fingerprint density at radius 3 is 2.44 bits per heavy atom. The number of halogens is 1. The number of fused-ring (bicyclic) bond motifs is 1. The number of aromatic nitrogens is 3. The van der Waals surface area contributed by atoms with Gasteiger partial charge in [0.15, 0.2) is 5.65 Å². The fourth-order valence-electron chi connectivity index (χ4n) is 4.41. The molecule has 1 aliphatic carbocycles. The number of aliphatic hydroxyl groups is 2.